The first-order chi connectivity index (χ1) is 7.44. The van der Waals surface area contributed by atoms with Gasteiger partial charge in [-0.05, 0) is 43.9 Å². The second kappa shape index (κ2) is 5.71. The summed E-state index contributed by atoms with van der Waals surface area (Å²) in [5, 5.41) is 20.9. The average Bonchev–Trinajstić information content (AvgIpc) is 2.16. The smallest absolute Gasteiger partial charge is 0.0668 e. The molecule has 0 aliphatic heterocycles. The van der Waals surface area contributed by atoms with Gasteiger partial charge in [0, 0.05) is 0 Å². The van der Waals surface area contributed by atoms with Crippen LogP contribution in [0.1, 0.15) is 61.8 Å². The van der Waals surface area contributed by atoms with Gasteiger partial charge < -0.3 is 10.2 Å². The van der Waals surface area contributed by atoms with Gasteiger partial charge in [-0.1, -0.05) is 41.5 Å². The van der Waals surface area contributed by atoms with Gasteiger partial charge in [-0.2, -0.15) is 0 Å². The summed E-state index contributed by atoms with van der Waals surface area (Å²) in [6.07, 6.45) is 0.844. The summed E-state index contributed by atoms with van der Waals surface area (Å²) >= 11 is 0. The van der Waals surface area contributed by atoms with Crippen LogP contribution in [-0.2, 0) is 0 Å². The van der Waals surface area contributed by atoms with Gasteiger partial charge in [-0.3, -0.25) is 0 Å². The van der Waals surface area contributed by atoms with Crippen LogP contribution >= 0.6 is 0 Å². The first-order valence-corrected chi connectivity index (χ1v) is 6.88. The Kier molecular flexibility index (Phi) is 5.68. The van der Waals surface area contributed by atoms with E-state index in [-0.39, 0.29) is 23.7 Å². The molecule has 0 aromatic rings. The van der Waals surface area contributed by atoms with Gasteiger partial charge in [0.1, 0.15) is 0 Å². The fraction of sp³-hybridized carbons (Fsp3) is 1.00. The maximum Gasteiger partial charge on any atom is 0.0668 e. The third-order valence-electron chi connectivity index (χ3n) is 5.04. The third-order valence-corrected chi connectivity index (χ3v) is 5.04. The van der Waals surface area contributed by atoms with E-state index >= 15 is 0 Å². The Morgan fingerprint density at radius 1 is 0.706 bits per heavy atom. The lowest BCUT2D eigenvalue weighted by Gasteiger charge is -2.40. The van der Waals surface area contributed by atoms with Gasteiger partial charge in [-0.15, -0.1) is 0 Å². The number of rotatable bonds is 6. The molecule has 0 aromatic carbocycles. The molecule has 0 radical (unpaired) electrons. The number of hydrogen-bond donors (Lipinski definition) is 2. The van der Waals surface area contributed by atoms with Crippen molar-refractivity contribution < 1.29 is 10.2 Å². The summed E-state index contributed by atoms with van der Waals surface area (Å²) < 4.78 is 0. The standard InChI is InChI=1S/C15H32O2/c1-10(2)14(7,16)12(5)9-13(6)15(8,17)11(3)4/h10-13,16-17H,9H2,1-8H3. The molecule has 2 heteroatoms. The van der Waals surface area contributed by atoms with Gasteiger partial charge >= 0.3 is 0 Å². The van der Waals surface area contributed by atoms with Gasteiger partial charge in [0.15, 0.2) is 0 Å². The summed E-state index contributed by atoms with van der Waals surface area (Å²) in [5.74, 6) is 0.827. The molecule has 0 rings (SSSR count). The second-order valence-electron chi connectivity index (χ2n) is 6.80. The van der Waals surface area contributed by atoms with Crippen molar-refractivity contribution in [3.8, 4) is 0 Å². The average molecular weight is 244 g/mol. The molecule has 0 amide bonds. The van der Waals surface area contributed by atoms with Crippen molar-refractivity contribution in [2.24, 2.45) is 23.7 Å². The Morgan fingerprint density at radius 2 is 0.941 bits per heavy atom. The van der Waals surface area contributed by atoms with E-state index in [2.05, 4.69) is 13.8 Å². The van der Waals surface area contributed by atoms with Crippen molar-refractivity contribution in [3.63, 3.8) is 0 Å². The van der Waals surface area contributed by atoms with Gasteiger partial charge in [0.25, 0.3) is 0 Å². The summed E-state index contributed by atoms with van der Waals surface area (Å²) in [6, 6.07) is 0. The van der Waals surface area contributed by atoms with E-state index in [1.54, 1.807) is 0 Å². The molecular weight excluding hydrogens is 212 g/mol. The maximum atomic E-state index is 10.4. The van der Waals surface area contributed by atoms with Gasteiger partial charge in [0.05, 0.1) is 11.2 Å². The first kappa shape index (κ1) is 16.9. The molecule has 2 N–H and O–H groups in total. The monoisotopic (exact) mass is 244 g/mol. The molecule has 2 nitrogen and oxygen atoms in total. The topological polar surface area (TPSA) is 40.5 Å². The number of aliphatic hydroxyl groups is 2. The van der Waals surface area contributed by atoms with Crippen LogP contribution in [0.15, 0.2) is 0 Å². The van der Waals surface area contributed by atoms with Gasteiger partial charge in [0.2, 0.25) is 0 Å². The molecule has 0 saturated carbocycles. The zero-order valence-electron chi connectivity index (χ0n) is 12.9. The zero-order chi connectivity index (χ0) is 14.0. The fourth-order valence-electron chi connectivity index (χ4n) is 2.15. The van der Waals surface area contributed by atoms with E-state index in [1.807, 2.05) is 41.5 Å². The minimum absolute atomic E-state index is 0.183. The Hall–Kier alpha value is -0.0800. The molecule has 104 valence electrons. The van der Waals surface area contributed by atoms with E-state index in [1.165, 1.54) is 0 Å². The predicted octanol–water partition coefficient (Wildman–Crippen LogP) is 3.46. The van der Waals surface area contributed by atoms with Crippen molar-refractivity contribution in [2.75, 3.05) is 0 Å². The van der Waals surface area contributed by atoms with Crippen LogP contribution in [0.4, 0.5) is 0 Å². The normalized spacial score (nSPS) is 23.3. The second-order valence-corrected chi connectivity index (χ2v) is 6.80. The van der Waals surface area contributed by atoms with E-state index in [0.29, 0.717) is 0 Å². The molecule has 0 fully saturated rings. The van der Waals surface area contributed by atoms with Crippen LogP contribution in [0, 0.1) is 23.7 Å². The Labute approximate surface area is 107 Å². The quantitative estimate of drug-likeness (QED) is 0.751. The Morgan fingerprint density at radius 3 is 1.12 bits per heavy atom. The first-order valence-electron chi connectivity index (χ1n) is 6.88. The van der Waals surface area contributed by atoms with Crippen molar-refractivity contribution in [1.29, 1.82) is 0 Å². The lowest BCUT2D eigenvalue weighted by atomic mass is 9.71. The minimum atomic E-state index is -0.665. The molecule has 4 unspecified atom stereocenters. The van der Waals surface area contributed by atoms with Crippen LogP contribution in [0.5, 0.6) is 0 Å². The van der Waals surface area contributed by atoms with E-state index in [0.717, 1.165) is 6.42 Å². The molecule has 0 saturated heterocycles. The summed E-state index contributed by atoms with van der Waals surface area (Å²) in [4.78, 5) is 0. The van der Waals surface area contributed by atoms with Crippen LogP contribution < -0.4 is 0 Å². The molecular formula is C15H32O2. The van der Waals surface area contributed by atoms with Crippen LogP contribution in [0.25, 0.3) is 0 Å². The highest BCUT2D eigenvalue weighted by Gasteiger charge is 2.38. The minimum Gasteiger partial charge on any atom is -0.390 e. The molecule has 17 heavy (non-hydrogen) atoms. The zero-order valence-corrected chi connectivity index (χ0v) is 12.9. The Balaban J connectivity index is 4.65. The molecule has 0 heterocycles. The van der Waals surface area contributed by atoms with Crippen molar-refractivity contribution in [3.05, 3.63) is 0 Å². The molecule has 0 aliphatic carbocycles. The van der Waals surface area contributed by atoms with E-state index in [4.69, 9.17) is 0 Å². The van der Waals surface area contributed by atoms with Crippen LogP contribution in [0.2, 0.25) is 0 Å². The summed E-state index contributed by atoms with van der Waals surface area (Å²) in [6.45, 7) is 16.1. The van der Waals surface area contributed by atoms with Crippen LogP contribution in [-0.4, -0.2) is 21.4 Å². The third kappa shape index (κ3) is 3.96. The number of hydrogen-bond acceptors (Lipinski definition) is 2. The SMILES string of the molecule is CC(C)C(C)(O)C(C)CC(C)C(C)(O)C(C)C. The van der Waals surface area contributed by atoms with E-state index in [9.17, 15) is 10.2 Å². The van der Waals surface area contributed by atoms with Crippen LogP contribution in [0.3, 0.4) is 0 Å². The highest BCUT2D eigenvalue weighted by atomic mass is 16.3. The fourth-order valence-corrected chi connectivity index (χ4v) is 2.15. The van der Waals surface area contributed by atoms with Gasteiger partial charge in [-0.25, -0.2) is 0 Å². The lowest BCUT2D eigenvalue weighted by Crippen LogP contribution is -2.44. The molecule has 0 aliphatic rings. The lowest BCUT2D eigenvalue weighted by molar-refractivity contribution is -0.0779. The Bertz CT molecular complexity index is 205. The maximum absolute atomic E-state index is 10.4. The predicted molar refractivity (Wildman–Crippen MR) is 73.9 cm³/mol. The summed E-state index contributed by atoms with van der Waals surface area (Å²) in [5.41, 5.74) is -1.33. The molecule has 0 aromatic heterocycles. The largest absolute Gasteiger partial charge is 0.390 e. The van der Waals surface area contributed by atoms with E-state index < -0.39 is 11.2 Å². The molecule has 4 atom stereocenters. The van der Waals surface area contributed by atoms with Crippen molar-refractivity contribution in [2.45, 2.75) is 73.0 Å². The summed E-state index contributed by atoms with van der Waals surface area (Å²) in [7, 11) is 0. The highest BCUT2D eigenvalue weighted by Crippen LogP contribution is 2.36. The molecule has 0 bridgehead atoms. The highest BCUT2D eigenvalue weighted by molar-refractivity contribution is 4.88. The van der Waals surface area contributed by atoms with Crippen molar-refractivity contribution in [1.82, 2.24) is 0 Å². The van der Waals surface area contributed by atoms with Crippen molar-refractivity contribution >= 4 is 0 Å². The molecule has 0 spiro atoms.